The highest BCUT2D eigenvalue weighted by Crippen LogP contribution is 2.22. The van der Waals surface area contributed by atoms with Crippen LogP contribution in [0.25, 0.3) is 10.2 Å². The van der Waals surface area contributed by atoms with Gasteiger partial charge in [0.2, 0.25) is 0 Å². The largest absolute Gasteiger partial charge is 0.381 e. The highest BCUT2D eigenvalue weighted by Gasteiger charge is 2.15. The lowest BCUT2D eigenvalue weighted by molar-refractivity contribution is 0.0888. The number of ether oxygens (including phenoxy) is 2. The maximum absolute atomic E-state index is 5.75. The lowest BCUT2D eigenvalue weighted by atomic mass is 10.1. The van der Waals surface area contributed by atoms with Crippen molar-refractivity contribution < 1.29 is 9.47 Å². The topological polar surface area (TPSA) is 67.8 Å². The number of nitrogens with zero attached hydrogens (tertiary/aromatic N) is 2. The molecule has 1 saturated heterocycles. The van der Waals surface area contributed by atoms with Crippen LogP contribution in [0, 0.1) is 5.92 Å². The van der Waals surface area contributed by atoms with Gasteiger partial charge in [-0.2, -0.15) is 0 Å². The molecule has 0 amide bonds. The molecule has 1 aromatic heterocycles. The van der Waals surface area contributed by atoms with Gasteiger partial charge in [0.1, 0.15) is 0 Å². The maximum atomic E-state index is 5.75. The van der Waals surface area contributed by atoms with E-state index in [9.17, 15) is 0 Å². The number of hydrogen-bond acceptors (Lipinski definition) is 5. The first-order valence-corrected chi connectivity index (χ1v) is 11.2. The molecule has 0 aliphatic carbocycles. The smallest absolute Gasteiger partial charge is 0.191 e. The zero-order valence-corrected chi connectivity index (χ0v) is 20.3. The number of guanidine groups is 1. The number of nitrogens with one attached hydrogen (secondary N) is 2. The van der Waals surface area contributed by atoms with Gasteiger partial charge in [-0.05, 0) is 38.3 Å². The number of hydrogen-bond donors (Lipinski definition) is 2. The summed E-state index contributed by atoms with van der Waals surface area (Å²) in [6.07, 6.45) is 4.08. The third kappa shape index (κ3) is 8.74. The Hall–Kier alpha value is -0.970. The van der Waals surface area contributed by atoms with E-state index in [1.165, 1.54) is 9.71 Å². The molecule has 1 aromatic carbocycles. The molecular formula is C21H33IN4O2S. The number of rotatable bonds is 11. The normalized spacial score (nSPS) is 16.7. The van der Waals surface area contributed by atoms with E-state index < -0.39 is 0 Å². The molecule has 1 aliphatic heterocycles. The predicted molar refractivity (Wildman–Crippen MR) is 132 cm³/mol. The Labute approximate surface area is 194 Å². The van der Waals surface area contributed by atoms with Crippen LogP contribution in [0.4, 0.5) is 0 Å². The van der Waals surface area contributed by atoms with Crippen LogP contribution in [0.15, 0.2) is 29.3 Å². The summed E-state index contributed by atoms with van der Waals surface area (Å²) in [5.74, 6) is 1.47. The lowest BCUT2D eigenvalue weighted by Gasteiger charge is -2.12. The average molecular weight is 532 g/mol. The molecule has 6 nitrogen and oxygen atoms in total. The molecular weight excluding hydrogens is 499 g/mol. The summed E-state index contributed by atoms with van der Waals surface area (Å²) < 4.78 is 12.4. The molecule has 2 N–H and O–H groups in total. The van der Waals surface area contributed by atoms with Crippen molar-refractivity contribution >= 4 is 51.5 Å². The van der Waals surface area contributed by atoms with Crippen LogP contribution >= 0.6 is 35.3 Å². The third-order valence-corrected chi connectivity index (χ3v) is 5.73. The zero-order valence-electron chi connectivity index (χ0n) is 17.2. The Morgan fingerprint density at radius 3 is 3.00 bits per heavy atom. The van der Waals surface area contributed by atoms with Gasteiger partial charge in [-0.25, -0.2) is 4.98 Å². The van der Waals surface area contributed by atoms with Crippen LogP contribution in [0.1, 0.15) is 31.2 Å². The van der Waals surface area contributed by atoms with Gasteiger partial charge < -0.3 is 20.1 Å². The Bertz CT molecular complexity index is 701. The fraction of sp³-hybridized carbons (Fsp3) is 0.619. The molecule has 0 radical (unpaired) electrons. The molecule has 2 heterocycles. The Morgan fingerprint density at radius 2 is 2.21 bits per heavy atom. The molecule has 1 aliphatic rings. The van der Waals surface area contributed by atoms with Gasteiger partial charge in [-0.3, -0.25) is 4.99 Å². The fourth-order valence-corrected chi connectivity index (χ4v) is 4.14. The van der Waals surface area contributed by atoms with Crippen LogP contribution in [-0.4, -0.2) is 57.0 Å². The van der Waals surface area contributed by atoms with Crippen LogP contribution in [0.5, 0.6) is 0 Å². The lowest BCUT2D eigenvalue weighted by Crippen LogP contribution is -2.38. The zero-order chi connectivity index (χ0) is 19.4. The Morgan fingerprint density at radius 1 is 1.31 bits per heavy atom. The first-order chi connectivity index (χ1) is 13.8. The molecule has 3 rings (SSSR count). The summed E-state index contributed by atoms with van der Waals surface area (Å²) in [5.41, 5.74) is 1.10. The van der Waals surface area contributed by atoms with E-state index in [1.54, 1.807) is 11.3 Å². The molecule has 8 heteroatoms. The van der Waals surface area contributed by atoms with Gasteiger partial charge >= 0.3 is 0 Å². The van der Waals surface area contributed by atoms with Gasteiger partial charge in [0.25, 0.3) is 0 Å². The number of aliphatic imine (C=N–C) groups is 1. The first-order valence-electron chi connectivity index (χ1n) is 10.4. The van der Waals surface area contributed by atoms with E-state index in [2.05, 4.69) is 45.7 Å². The minimum atomic E-state index is 0. The van der Waals surface area contributed by atoms with Crippen LogP contribution in [0.3, 0.4) is 0 Å². The van der Waals surface area contributed by atoms with Crippen molar-refractivity contribution in [3.8, 4) is 0 Å². The monoisotopic (exact) mass is 532 g/mol. The molecule has 1 unspecified atom stereocenters. The molecule has 0 bridgehead atoms. The van der Waals surface area contributed by atoms with E-state index in [4.69, 9.17) is 9.47 Å². The third-order valence-electron chi connectivity index (χ3n) is 4.64. The summed E-state index contributed by atoms with van der Waals surface area (Å²) in [7, 11) is 0. The second kappa shape index (κ2) is 14.1. The van der Waals surface area contributed by atoms with E-state index in [1.807, 2.05) is 6.07 Å². The van der Waals surface area contributed by atoms with Crippen molar-refractivity contribution in [3.63, 3.8) is 0 Å². The fourth-order valence-electron chi connectivity index (χ4n) is 3.14. The second-order valence-corrected chi connectivity index (χ2v) is 8.14. The highest BCUT2D eigenvalue weighted by molar-refractivity contribution is 14.0. The molecule has 1 atom stereocenters. The average Bonchev–Trinajstić information content (AvgIpc) is 3.36. The van der Waals surface area contributed by atoms with Crippen molar-refractivity contribution in [2.24, 2.45) is 10.9 Å². The summed E-state index contributed by atoms with van der Waals surface area (Å²) in [5, 5.41) is 7.89. The SMILES string of the molecule is CCNC(=NCCCc1nc2ccccc2s1)NCCCOCC1CCOC1.I. The number of para-hydroxylation sites is 1. The van der Waals surface area contributed by atoms with E-state index in [0.29, 0.717) is 5.92 Å². The van der Waals surface area contributed by atoms with Gasteiger partial charge in [-0.15, -0.1) is 35.3 Å². The standard InChI is InChI=1S/C21H32N4O2S.HI/c1-2-22-21(24-12-6-13-26-15-17-10-14-27-16-17)23-11-5-9-20-25-18-7-3-4-8-19(18)28-20;/h3-4,7-8,17H,2,5-6,9-16H2,1H3,(H2,22,23,24);1H. The van der Waals surface area contributed by atoms with Crippen molar-refractivity contribution in [1.82, 2.24) is 15.6 Å². The van der Waals surface area contributed by atoms with Gasteiger partial charge in [0.05, 0.1) is 28.4 Å². The molecule has 2 aromatic rings. The molecule has 29 heavy (non-hydrogen) atoms. The summed E-state index contributed by atoms with van der Waals surface area (Å²) in [6.45, 7) is 7.95. The minimum absolute atomic E-state index is 0. The van der Waals surface area contributed by atoms with Crippen LogP contribution in [0.2, 0.25) is 0 Å². The number of benzene rings is 1. The maximum Gasteiger partial charge on any atom is 0.191 e. The van der Waals surface area contributed by atoms with Gasteiger partial charge in [0, 0.05) is 45.2 Å². The van der Waals surface area contributed by atoms with Gasteiger partial charge in [-0.1, -0.05) is 12.1 Å². The molecule has 1 fully saturated rings. The van der Waals surface area contributed by atoms with Crippen molar-refractivity contribution in [2.75, 3.05) is 46.1 Å². The quantitative estimate of drug-likeness (QED) is 0.199. The van der Waals surface area contributed by atoms with E-state index >= 15 is 0 Å². The number of halogens is 1. The summed E-state index contributed by atoms with van der Waals surface area (Å²) in [4.78, 5) is 9.37. The van der Waals surface area contributed by atoms with Crippen molar-refractivity contribution in [2.45, 2.75) is 32.6 Å². The van der Waals surface area contributed by atoms with Crippen LogP contribution < -0.4 is 10.6 Å². The summed E-state index contributed by atoms with van der Waals surface area (Å²) in [6, 6.07) is 8.31. The molecule has 162 valence electrons. The Balaban J connectivity index is 0.00000300. The van der Waals surface area contributed by atoms with Crippen molar-refractivity contribution in [1.29, 1.82) is 0 Å². The van der Waals surface area contributed by atoms with Crippen LogP contribution in [-0.2, 0) is 15.9 Å². The number of aromatic nitrogens is 1. The van der Waals surface area contributed by atoms with E-state index in [-0.39, 0.29) is 24.0 Å². The first kappa shape index (κ1) is 24.3. The number of fused-ring (bicyclic) bond motifs is 1. The van der Waals surface area contributed by atoms with E-state index in [0.717, 1.165) is 83.2 Å². The predicted octanol–water partition coefficient (Wildman–Crippen LogP) is 3.85. The molecule has 0 spiro atoms. The minimum Gasteiger partial charge on any atom is -0.381 e. The van der Waals surface area contributed by atoms with Crippen molar-refractivity contribution in [3.05, 3.63) is 29.3 Å². The summed E-state index contributed by atoms with van der Waals surface area (Å²) >= 11 is 1.78. The second-order valence-electron chi connectivity index (χ2n) is 7.02. The Kier molecular flexibility index (Phi) is 11.8. The number of aryl methyl sites for hydroxylation is 1. The highest BCUT2D eigenvalue weighted by atomic mass is 127. The molecule has 0 saturated carbocycles. The van der Waals surface area contributed by atoms with Gasteiger partial charge in [0.15, 0.2) is 5.96 Å². The number of thiazole rings is 1.